The van der Waals surface area contributed by atoms with E-state index in [4.69, 9.17) is 14.2 Å². The molecule has 0 bridgehead atoms. The molecule has 2 aromatic rings. The second-order valence-electron chi connectivity index (χ2n) is 6.47. The molecule has 1 aliphatic rings. The van der Waals surface area contributed by atoms with Gasteiger partial charge >= 0.3 is 0 Å². The third kappa shape index (κ3) is 4.88. The largest absolute Gasteiger partial charge is 0.497 e. The molecule has 2 aromatic carbocycles. The van der Waals surface area contributed by atoms with E-state index in [-0.39, 0.29) is 11.8 Å². The number of methoxy groups -OCH3 is 2. The van der Waals surface area contributed by atoms with Crippen molar-refractivity contribution >= 4 is 29.3 Å². The number of amides is 2. The first-order valence-electron chi connectivity index (χ1n) is 9.32. The van der Waals surface area contributed by atoms with E-state index in [1.54, 1.807) is 60.6 Å². The van der Waals surface area contributed by atoms with Crippen molar-refractivity contribution in [3.8, 4) is 17.2 Å². The van der Waals surface area contributed by atoms with Crippen molar-refractivity contribution in [3.05, 3.63) is 60.7 Å². The molecule has 0 saturated carbocycles. The van der Waals surface area contributed by atoms with Crippen LogP contribution in [0.4, 0.5) is 5.69 Å². The second kappa shape index (κ2) is 10.1. The van der Waals surface area contributed by atoms with E-state index in [2.05, 4.69) is 11.9 Å². The zero-order chi connectivity index (χ0) is 21.5. The van der Waals surface area contributed by atoms with E-state index in [0.29, 0.717) is 46.7 Å². The van der Waals surface area contributed by atoms with Crippen LogP contribution in [-0.2, 0) is 4.79 Å². The number of ether oxygens (including phenoxy) is 3. The van der Waals surface area contributed by atoms with Crippen LogP contribution in [0.1, 0.15) is 10.4 Å². The molecule has 3 rings (SSSR count). The van der Waals surface area contributed by atoms with Gasteiger partial charge in [0.05, 0.1) is 20.1 Å². The van der Waals surface area contributed by atoms with Gasteiger partial charge in [-0.3, -0.25) is 9.59 Å². The van der Waals surface area contributed by atoms with Crippen LogP contribution in [0.15, 0.2) is 55.1 Å². The fourth-order valence-electron chi connectivity index (χ4n) is 2.99. The molecule has 158 valence electrons. The lowest BCUT2D eigenvalue weighted by Crippen LogP contribution is -2.44. The number of nitrogens with one attached hydrogen (secondary N) is 1. The summed E-state index contributed by atoms with van der Waals surface area (Å²) in [5, 5.41) is 2.87. The summed E-state index contributed by atoms with van der Waals surface area (Å²) in [6.45, 7) is 3.95. The summed E-state index contributed by atoms with van der Waals surface area (Å²) in [5.41, 5.74) is 1.08. The highest BCUT2D eigenvalue weighted by atomic mass is 32.2. The van der Waals surface area contributed by atoms with Crippen LogP contribution < -0.4 is 19.5 Å². The smallest absolute Gasteiger partial charge is 0.255 e. The predicted octanol–water partition coefficient (Wildman–Crippen LogP) is 3.42. The molecule has 1 N–H and O–H groups in total. The molecule has 8 heteroatoms. The van der Waals surface area contributed by atoms with Crippen molar-refractivity contribution in [2.45, 2.75) is 6.04 Å². The monoisotopic (exact) mass is 428 g/mol. The van der Waals surface area contributed by atoms with Crippen molar-refractivity contribution in [2.24, 2.45) is 0 Å². The van der Waals surface area contributed by atoms with E-state index in [0.717, 1.165) is 0 Å². The zero-order valence-corrected chi connectivity index (χ0v) is 17.7. The van der Waals surface area contributed by atoms with Gasteiger partial charge in [-0.2, -0.15) is 0 Å². The standard InChI is InChI=1S/C22H24N2O5S/c1-4-11-29-19-10-5-15(12-20(19)28-3)22(26)24-14-30-13-18(24)21(25)23-16-6-8-17(27-2)9-7-16/h4-10,12,18H,1,11,13-14H2,2-3H3,(H,23,25). The lowest BCUT2D eigenvalue weighted by atomic mass is 10.1. The SMILES string of the molecule is C=CCOc1ccc(C(=O)N2CSCC2C(=O)Nc2ccc(OC)cc2)cc1OC. The molecule has 7 nitrogen and oxygen atoms in total. The Kier molecular flexibility index (Phi) is 7.24. The maximum absolute atomic E-state index is 13.1. The Labute approximate surface area is 180 Å². The van der Waals surface area contributed by atoms with Crippen LogP contribution in [0, 0.1) is 0 Å². The Morgan fingerprint density at radius 2 is 1.93 bits per heavy atom. The normalized spacial score (nSPS) is 15.4. The van der Waals surface area contributed by atoms with Gasteiger partial charge in [0.15, 0.2) is 11.5 Å². The Hall–Kier alpha value is -3.13. The molecule has 1 heterocycles. The van der Waals surface area contributed by atoms with Gasteiger partial charge < -0.3 is 24.4 Å². The molecule has 1 saturated heterocycles. The number of carbonyl (C=O) groups excluding carboxylic acids is 2. The molecule has 1 atom stereocenters. The van der Waals surface area contributed by atoms with Gasteiger partial charge in [-0.05, 0) is 42.5 Å². The lowest BCUT2D eigenvalue weighted by molar-refractivity contribution is -0.119. The van der Waals surface area contributed by atoms with Gasteiger partial charge in [-0.15, -0.1) is 11.8 Å². The van der Waals surface area contributed by atoms with Gasteiger partial charge in [0, 0.05) is 17.0 Å². The van der Waals surface area contributed by atoms with Crippen molar-refractivity contribution < 1.29 is 23.8 Å². The average Bonchev–Trinajstić information content (AvgIpc) is 3.27. The molecule has 0 aliphatic carbocycles. The molecule has 1 unspecified atom stereocenters. The molecule has 0 radical (unpaired) electrons. The predicted molar refractivity (Wildman–Crippen MR) is 118 cm³/mol. The minimum Gasteiger partial charge on any atom is -0.497 e. The number of hydrogen-bond acceptors (Lipinski definition) is 6. The minimum atomic E-state index is -0.563. The molecule has 1 aliphatic heterocycles. The van der Waals surface area contributed by atoms with E-state index in [1.165, 1.54) is 18.9 Å². The first kappa shape index (κ1) is 21.6. The highest BCUT2D eigenvalue weighted by Gasteiger charge is 2.35. The maximum Gasteiger partial charge on any atom is 0.255 e. The molecule has 1 fully saturated rings. The first-order valence-corrected chi connectivity index (χ1v) is 10.5. The summed E-state index contributed by atoms with van der Waals surface area (Å²) in [4.78, 5) is 27.5. The van der Waals surface area contributed by atoms with E-state index in [9.17, 15) is 9.59 Å². The van der Waals surface area contributed by atoms with Crippen LogP contribution in [0.3, 0.4) is 0 Å². The minimum absolute atomic E-state index is 0.226. The third-order valence-electron chi connectivity index (χ3n) is 4.57. The van der Waals surface area contributed by atoms with E-state index >= 15 is 0 Å². The quantitative estimate of drug-likeness (QED) is 0.650. The molecular weight excluding hydrogens is 404 g/mol. The molecule has 30 heavy (non-hydrogen) atoms. The highest BCUT2D eigenvalue weighted by molar-refractivity contribution is 7.99. The summed E-state index contributed by atoms with van der Waals surface area (Å²) in [6, 6.07) is 11.5. The summed E-state index contributed by atoms with van der Waals surface area (Å²) in [7, 11) is 3.10. The number of benzene rings is 2. The van der Waals surface area contributed by atoms with Gasteiger partial charge in [0.25, 0.3) is 5.91 Å². The van der Waals surface area contributed by atoms with Gasteiger partial charge in [0.1, 0.15) is 18.4 Å². The zero-order valence-electron chi connectivity index (χ0n) is 16.9. The molecular formula is C22H24N2O5S. The van der Waals surface area contributed by atoms with Crippen molar-refractivity contribution in [3.63, 3.8) is 0 Å². The van der Waals surface area contributed by atoms with Crippen LogP contribution in [0.5, 0.6) is 17.2 Å². The molecule has 2 amide bonds. The van der Waals surface area contributed by atoms with Crippen LogP contribution in [0.2, 0.25) is 0 Å². The Morgan fingerprint density at radius 1 is 1.17 bits per heavy atom. The van der Waals surface area contributed by atoms with Crippen LogP contribution in [-0.4, -0.2) is 55.2 Å². The fourth-order valence-corrected chi connectivity index (χ4v) is 4.15. The summed E-state index contributed by atoms with van der Waals surface area (Å²) < 4.78 is 16.0. The molecule has 0 spiro atoms. The van der Waals surface area contributed by atoms with Gasteiger partial charge in [-0.25, -0.2) is 0 Å². The first-order chi connectivity index (χ1) is 14.6. The Bertz CT molecular complexity index is 916. The Morgan fingerprint density at radius 3 is 2.60 bits per heavy atom. The van der Waals surface area contributed by atoms with E-state index in [1.807, 2.05) is 0 Å². The summed E-state index contributed by atoms with van der Waals surface area (Å²) >= 11 is 1.54. The second-order valence-corrected chi connectivity index (χ2v) is 7.47. The lowest BCUT2D eigenvalue weighted by Gasteiger charge is -2.23. The van der Waals surface area contributed by atoms with Crippen LogP contribution in [0.25, 0.3) is 0 Å². The Balaban J connectivity index is 1.73. The van der Waals surface area contributed by atoms with Crippen molar-refractivity contribution in [1.29, 1.82) is 0 Å². The number of nitrogens with zero attached hydrogens (tertiary/aromatic N) is 1. The van der Waals surface area contributed by atoms with Gasteiger partial charge in [-0.1, -0.05) is 12.7 Å². The fraction of sp³-hybridized carbons (Fsp3) is 0.273. The van der Waals surface area contributed by atoms with E-state index < -0.39 is 6.04 Å². The number of rotatable bonds is 8. The van der Waals surface area contributed by atoms with Crippen molar-refractivity contribution in [1.82, 2.24) is 4.90 Å². The number of anilines is 1. The number of hydrogen-bond donors (Lipinski definition) is 1. The highest BCUT2D eigenvalue weighted by Crippen LogP contribution is 2.31. The average molecular weight is 429 g/mol. The number of thioether (sulfide) groups is 1. The number of carbonyl (C=O) groups is 2. The summed E-state index contributed by atoms with van der Waals surface area (Å²) in [6.07, 6.45) is 1.63. The summed E-state index contributed by atoms with van der Waals surface area (Å²) in [5.74, 6) is 2.20. The van der Waals surface area contributed by atoms with Crippen molar-refractivity contribution in [2.75, 3.05) is 37.8 Å². The van der Waals surface area contributed by atoms with Crippen LogP contribution >= 0.6 is 11.8 Å². The maximum atomic E-state index is 13.1. The topological polar surface area (TPSA) is 77.1 Å². The van der Waals surface area contributed by atoms with Gasteiger partial charge in [0.2, 0.25) is 5.91 Å². The molecule has 0 aromatic heterocycles. The third-order valence-corrected chi connectivity index (χ3v) is 5.58.